The van der Waals surface area contributed by atoms with Crippen LogP contribution in [0.25, 0.3) is 0 Å². The molecule has 3 aromatic rings. The van der Waals surface area contributed by atoms with E-state index in [-0.39, 0.29) is 0 Å². The average Bonchev–Trinajstić information content (AvgIpc) is 2.71. The Morgan fingerprint density at radius 2 is 1.64 bits per heavy atom. The Morgan fingerprint density at radius 1 is 0.929 bits per heavy atom. The predicted molar refractivity (Wildman–Crippen MR) is 107 cm³/mol. The van der Waals surface area contributed by atoms with Gasteiger partial charge >= 0.3 is 5.97 Å². The number of hydrogen-bond acceptors (Lipinski definition) is 5. The first-order valence-corrected chi connectivity index (χ1v) is 8.74. The van der Waals surface area contributed by atoms with E-state index >= 15 is 0 Å². The number of nitrogens with one attached hydrogen (secondary N) is 1. The first kappa shape index (κ1) is 19.3. The third-order valence-electron chi connectivity index (χ3n) is 3.74. The number of nitrogens with zero attached hydrogens (tertiary/aromatic N) is 2. The number of carbonyl (C=O) groups excluding carboxylic acids is 2. The molecule has 0 bridgehead atoms. The molecule has 0 spiro atoms. The minimum atomic E-state index is -0.560. The molecule has 0 radical (unpaired) electrons. The van der Waals surface area contributed by atoms with Crippen LogP contribution in [0.3, 0.4) is 0 Å². The number of benzene rings is 3. The molecule has 7 heteroatoms. The predicted octanol–water partition coefficient (Wildman–Crippen LogP) is 5.76. The second-order valence-electron chi connectivity index (χ2n) is 5.92. The molecule has 0 heterocycles. The van der Waals surface area contributed by atoms with Crippen LogP contribution in [0.4, 0.5) is 11.4 Å². The van der Waals surface area contributed by atoms with Gasteiger partial charge in [0.15, 0.2) is 0 Å². The minimum Gasteiger partial charge on any atom is -0.338 e. The van der Waals surface area contributed by atoms with E-state index in [1.807, 2.05) is 19.1 Å². The molecule has 0 fully saturated rings. The summed E-state index contributed by atoms with van der Waals surface area (Å²) in [6.45, 7) is 1.94. The first-order chi connectivity index (χ1) is 13.5. The molecule has 0 aliphatic heterocycles. The third kappa shape index (κ3) is 5.25. The van der Waals surface area contributed by atoms with E-state index in [0.29, 0.717) is 27.5 Å². The smallest absolute Gasteiger partial charge is 0.338 e. The molecule has 0 aromatic heterocycles. The lowest BCUT2D eigenvalue weighted by atomic mass is 10.1. The Kier molecular flexibility index (Phi) is 6.14. The SMILES string of the molecule is Cc1ccc(C(=O)N=Nc2ccc(NOC(=O)c3cccc(Cl)c3)cc2)cc1. The Labute approximate surface area is 166 Å². The van der Waals surface area contributed by atoms with Gasteiger partial charge in [-0.2, -0.15) is 0 Å². The molecule has 0 aliphatic carbocycles. The van der Waals surface area contributed by atoms with Crippen molar-refractivity contribution in [1.82, 2.24) is 0 Å². The Bertz CT molecular complexity index is 1020. The summed E-state index contributed by atoms with van der Waals surface area (Å²) >= 11 is 5.85. The molecule has 0 unspecified atom stereocenters. The minimum absolute atomic E-state index is 0.333. The highest BCUT2D eigenvalue weighted by atomic mass is 35.5. The van der Waals surface area contributed by atoms with Crippen molar-refractivity contribution < 1.29 is 14.4 Å². The maximum Gasteiger partial charge on any atom is 0.362 e. The fourth-order valence-electron chi connectivity index (χ4n) is 2.23. The molecule has 1 amide bonds. The number of amides is 1. The third-order valence-corrected chi connectivity index (χ3v) is 3.98. The van der Waals surface area contributed by atoms with Gasteiger partial charge in [-0.1, -0.05) is 35.4 Å². The monoisotopic (exact) mass is 393 g/mol. The Morgan fingerprint density at radius 3 is 2.32 bits per heavy atom. The molecule has 0 saturated heterocycles. The zero-order valence-corrected chi connectivity index (χ0v) is 15.7. The van der Waals surface area contributed by atoms with Gasteiger partial charge in [0.1, 0.15) is 0 Å². The van der Waals surface area contributed by atoms with Crippen molar-refractivity contribution in [3.8, 4) is 0 Å². The molecule has 3 rings (SSSR count). The van der Waals surface area contributed by atoms with Crippen molar-refractivity contribution in [2.75, 3.05) is 5.48 Å². The van der Waals surface area contributed by atoms with Gasteiger partial charge in [-0.25, -0.2) is 10.3 Å². The number of anilines is 1. The van der Waals surface area contributed by atoms with E-state index in [1.165, 1.54) is 6.07 Å². The van der Waals surface area contributed by atoms with Gasteiger partial charge in [0.25, 0.3) is 5.91 Å². The van der Waals surface area contributed by atoms with Crippen molar-refractivity contribution in [2.45, 2.75) is 6.92 Å². The highest BCUT2D eigenvalue weighted by Crippen LogP contribution is 2.18. The molecular formula is C21H16ClN3O3. The zero-order chi connectivity index (χ0) is 19.9. The van der Waals surface area contributed by atoms with Crippen molar-refractivity contribution in [2.24, 2.45) is 10.2 Å². The quantitative estimate of drug-likeness (QED) is 0.441. The van der Waals surface area contributed by atoms with Crippen LogP contribution in [0, 0.1) is 6.92 Å². The number of aryl methyl sites for hydroxylation is 1. The van der Waals surface area contributed by atoms with Crippen LogP contribution < -0.4 is 5.48 Å². The van der Waals surface area contributed by atoms with Gasteiger partial charge in [-0.15, -0.1) is 10.2 Å². The summed E-state index contributed by atoms with van der Waals surface area (Å²) < 4.78 is 0. The highest BCUT2D eigenvalue weighted by molar-refractivity contribution is 6.30. The van der Waals surface area contributed by atoms with Crippen molar-refractivity contribution in [3.05, 3.63) is 94.5 Å². The van der Waals surface area contributed by atoms with Gasteiger partial charge in [-0.05, 0) is 61.5 Å². The van der Waals surface area contributed by atoms with Crippen molar-refractivity contribution >= 4 is 34.9 Å². The van der Waals surface area contributed by atoms with Gasteiger partial charge < -0.3 is 4.84 Å². The van der Waals surface area contributed by atoms with Crippen LogP contribution >= 0.6 is 11.6 Å². The molecule has 3 aromatic carbocycles. The van der Waals surface area contributed by atoms with Crippen LogP contribution in [-0.2, 0) is 4.84 Å². The average molecular weight is 394 g/mol. The maximum atomic E-state index is 12.0. The van der Waals surface area contributed by atoms with E-state index in [1.54, 1.807) is 54.6 Å². The lowest BCUT2D eigenvalue weighted by Gasteiger charge is -2.07. The van der Waals surface area contributed by atoms with Crippen LogP contribution in [-0.4, -0.2) is 11.9 Å². The summed E-state index contributed by atoms with van der Waals surface area (Å²) in [4.78, 5) is 29.0. The van der Waals surface area contributed by atoms with Gasteiger partial charge in [-0.3, -0.25) is 4.79 Å². The van der Waals surface area contributed by atoms with E-state index in [4.69, 9.17) is 16.4 Å². The molecule has 0 atom stereocenters. The van der Waals surface area contributed by atoms with E-state index in [9.17, 15) is 9.59 Å². The Balaban J connectivity index is 1.56. The topological polar surface area (TPSA) is 80.1 Å². The molecule has 28 heavy (non-hydrogen) atoms. The molecule has 0 saturated carbocycles. The summed E-state index contributed by atoms with van der Waals surface area (Å²) in [6.07, 6.45) is 0. The number of carbonyl (C=O) groups is 2. The van der Waals surface area contributed by atoms with E-state index in [0.717, 1.165) is 5.56 Å². The van der Waals surface area contributed by atoms with Crippen molar-refractivity contribution in [3.63, 3.8) is 0 Å². The molecule has 1 N–H and O–H groups in total. The lowest BCUT2D eigenvalue weighted by molar-refractivity contribution is 0.0596. The lowest BCUT2D eigenvalue weighted by Crippen LogP contribution is -2.10. The van der Waals surface area contributed by atoms with Gasteiger partial charge in [0, 0.05) is 10.6 Å². The van der Waals surface area contributed by atoms with Crippen LogP contribution in [0.1, 0.15) is 26.3 Å². The fraction of sp³-hybridized carbons (Fsp3) is 0.0476. The second kappa shape index (κ2) is 8.92. The van der Waals surface area contributed by atoms with Crippen LogP contribution in [0.15, 0.2) is 83.0 Å². The van der Waals surface area contributed by atoms with Gasteiger partial charge in [0.2, 0.25) is 0 Å². The number of halogens is 1. The summed E-state index contributed by atoms with van der Waals surface area (Å²) in [5.74, 6) is -0.979. The largest absolute Gasteiger partial charge is 0.362 e. The van der Waals surface area contributed by atoms with Crippen molar-refractivity contribution in [1.29, 1.82) is 0 Å². The second-order valence-corrected chi connectivity index (χ2v) is 6.36. The van der Waals surface area contributed by atoms with Crippen LogP contribution in [0.5, 0.6) is 0 Å². The highest BCUT2D eigenvalue weighted by Gasteiger charge is 2.08. The normalized spacial score (nSPS) is 10.6. The summed E-state index contributed by atoms with van der Waals surface area (Å²) in [5, 5.41) is 8.09. The summed E-state index contributed by atoms with van der Waals surface area (Å²) in [5.41, 5.74) is 5.46. The summed E-state index contributed by atoms with van der Waals surface area (Å²) in [6, 6.07) is 20.1. The number of hydrogen-bond donors (Lipinski definition) is 1. The molecular weight excluding hydrogens is 378 g/mol. The first-order valence-electron chi connectivity index (χ1n) is 8.37. The summed E-state index contributed by atoms with van der Waals surface area (Å²) in [7, 11) is 0. The molecule has 0 aliphatic rings. The Hall–Kier alpha value is -3.51. The standard InChI is InChI=1S/C21H16ClN3O3/c1-14-5-7-15(8-6-14)20(26)24-23-18-9-11-19(12-10-18)25-28-21(27)16-3-2-4-17(22)13-16/h2-13,25H,1H3. The maximum absolute atomic E-state index is 12.0. The van der Waals surface area contributed by atoms with Crippen LogP contribution in [0.2, 0.25) is 5.02 Å². The molecule has 6 nitrogen and oxygen atoms in total. The fourth-order valence-corrected chi connectivity index (χ4v) is 2.42. The molecule has 140 valence electrons. The van der Waals surface area contributed by atoms with E-state index < -0.39 is 11.9 Å². The number of azo groups is 1. The zero-order valence-electron chi connectivity index (χ0n) is 14.9. The van der Waals surface area contributed by atoms with E-state index in [2.05, 4.69) is 15.7 Å². The van der Waals surface area contributed by atoms with Gasteiger partial charge in [0.05, 0.1) is 16.9 Å². The number of rotatable bonds is 5.